The molecule has 0 aliphatic carbocycles. The molecule has 1 saturated heterocycles. The van der Waals surface area contributed by atoms with E-state index >= 15 is 0 Å². The van der Waals surface area contributed by atoms with Crippen molar-refractivity contribution in [1.82, 2.24) is 0 Å². The Morgan fingerprint density at radius 1 is 1.30 bits per heavy atom. The van der Waals surface area contributed by atoms with Crippen LogP contribution in [0.1, 0.15) is 30.1 Å². The van der Waals surface area contributed by atoms with Gasteiger partial charge in [0.25, 0.3) is 0 Å². The normalized spacial score (nSPS) is 17.7. The summed E-state index contributed by atoms with van der Waals surface area (Å²) in [4.78, 5) is 12.2. The standard InChI is InChI=1S/C16H22O4/c1-12(20-11-13-7-9-19-10-8-13)16(17)14-3-5-15(18-2)6-4-14/h3-6,12-13H,7-11H2,1-2H3. The molecule has 4 heteroatoms. The van der Waals surface area contributed by atoms with Crippen molar-refractivity contribution in [1.29, 1.82) is 0 Å². The molecule has 0 bridgehead atoms. The molecule has 1 aliphatic heterocycles. The van der Waals surface area contributed by atoms with E-state index in [4.69, 9.17) is 14.2 Å². The lowest BCUT2D eigenvalue weighted by Gasteiger charge is -2.23. The van der Waals surface area contributed by atoms with E-state index in [0.717, 1.165) is 31.8 Å². The SMILES string of the molecule is COc1ccc(C(=O)C(C)OCC2CCOCC2)cc1. The molecule has 1 aliphatic rings. The van der Waals surface area contributed by atoms with Gasteiger partial charge in [0, 0.05) is 18.8 Å². The second-order valence-electron chi connectivity index (χ2n) is 5.12. The Bertz CT molecular complexity index is 421. The van der Waals surface area contributed by atoms with Gasteiger partial charge in [0.15, 0.2) is 5.78 Å². The minimum absolute atomic E-state index is 0.0136. The molecule has 0 aromatic heterocycles. The number of ether oxygens (including phenoxy) is 3. The molecule has 1 atom stereocenters. The topological polar surface area (TPSA) is 44.8 Å². The first-order chi connectivity index (χ1) is 9.70. The Balaban J connectivity index is 1.83. The fourth-order valence-electron chi connectivity index (χ4n) is 2.26. The van der Waals surface area contributed by atoms with E-state index < -0.39 is 6.10 Å². The summed E-state index contributed by atoms with van der Waals surface area (Å²) in [6.07, 6.45) is 1.62. The number of carbonyl (C=O) groups is 1. The lowest BCUT2D eigenvalue weighted by atomic mass is 10.0. The lowest BCUT2D eigenvalue weighted by Crippen LogP contribution is -2.26. The Morgan fingerprint density at radius 2 is 1.95 bits per heavy atom. The van der Waals surface area contributed by atoms with Crippen LogP contribution in [0, 0.1) is 5.92 Å². The van der Waals surface area contributed by atoms with E-state index in [1.165, 1.54) is 0 Å². The molecule has 0 N–H and O–H groups in total. The molecule has 110 valence electrons. The van der Waals surface area contributed by atoms with E-state index in [-0.39, 0.29) is 5.78 Å². The number of carbonyl (C=O) groups excluding carboxylic acids is 1. The maximum Gasteiger partial charge on any atom is 0.191 e. The molecule has 1 fully saturated rings. The molecular formula is C16H22O4. The van der Waals surface area contributed by atoms with E-state index in [1.807, 2.05) is 6.92 Å². The van der Waals surface area contributed by atoms with Gasteiger partial charge in [0.05, 0.1) is 13.7 Å². The van der Waals surface area contributed by atoms with E-state index in [9.17, 15) is 4.79 Å². The van der Waals surface area contributed by atoms with Crippen molar-refractivity contribution in [3.8, 4) is 5.75 Å². The number of rotatable bonds is 6. The summed E-state index contributed by atoms with van der Waals surface area (Å²) in [5.41, 5.74) is 0.658. The van der Waals surface area contributed by atoms with Crippen LogP contribution in [0.25, 0.3) is 0 Å². The highest BCUT2D eigenvalue weighted by molar-refractivity contribution is 5.99. The average Bonchev–Trinajstić information content (AvgIpc) is 2.53. The lowest BCUT2D eigenvalue weighted by molar-refractivity contribution is -0.000214. The summed E-state index contributed by atoms with van der Waals surface area (Å²) in [6, 6.07) is 7.13. The zero-order chi connectivity index (χ0) is 14.4. The van der Waals surface area contributed by atoms with Gasteiger partial charge in [-0.05, 0) is 49.9 Å². The van der Waals surface area contributed by atoms with Gasteiger partial charge in [-0.2, -0.15) is 0 Å². The summed E-state index contributed by atoms with van der Waals surface area (Å²) < 4.78 is 16.1. The fraction of sp³-hybridized carbons (Fsp3) is 0.562. The summed E-state index contributed by atoms with van der Waals surface area (Å²) >= 11 is 0. The summed E-state index contributed by atoms with van der Waals surface area (Å²) in [6.45, 7) is 4.04. The highest BCUT2D eigenvalue weighted by atomic mass is 16.5. The van der Waals surface area contributed by atoms with Gasteiger partial charge in [0.2, 0.25) is 0 Å². The molecule has 1 heterocycles. The molecular weight excluding hydrogens is 256 g/mol. The van der Waals surface area contributed by atoms with Gasteiger partial charge in [-0.25, -0.2) is 0 Å². The molecule has 1 aromatic rings. The Morgan fingerprint density at radius 3 is 2.55 bits per heavy atom. The Kier molecular flexibility index (Phi) is 5.56. The van der Waals surface area contributed by atoms with Crippen LogP contribution in [-0.2, 0) is 9.47 Å². The van der Waals surface area contributed by atoms with Crippen LogP contribution in [0.2, 0.25) is 0 Å². The van der Waals surface area contributed by atoms with E-state index in [0.29, 0.717) is 18.1 Å². The summed E-state index contributed by atoms with van der Waals surface area (Å²) in [5.74, 6) is 1.27. The zero-order valence-electron chi connectivity index (χ0n) is 12.1. The maximum absolute atomic E-state index is 12.2. The van der Waals surface area contributed by atoms with Crippen LogP contribution >= 0.6 is 0 Å². The van der Waals surface area contributed by atoms with Crippen LogP contribution in [0.5, 0.6) is 5.75 Å². The summed E-state index contributed by atoms with van der Waals surface area (Å²) in [5, 5.41) is 0. The van der Waals surface area contributed by atoms with Crippen molar-refractivity contribution in [3.63, 3.8) is 0 Å². The van der Waals surface area contributed by atoms with Crippen LogP contribution in [0.15, 0.2) is 24.3 Å². The number of Topliss-reactive ketones (excluding diaryl/α,β-unsaturated/α-hetero) is 1. The monoisotopic (exact) mass is 278 g/mol. The average molecular weight is 278 g/mol. The Hall–Kier alpha value is -1.39. The van der Waals surface area contributed by atoms with Crippen molar-refractivity contribution in [2.45, 2.75) is 25.9 Å². The van der Waals surface area contributed by atoms with Gasteiger partial charge < -0.3 is 14.2 Å². The molecule has 0 radical (unpaired) electrons. The highest BCUT2D eigenvalue weighted by Gasteiger charge is 2.19. The second kappa shape index (κ2) is 7.41. The number of methoxy groups -OCH3 is 1. The first kappa shape index (κ1) is 15.0. The molecule has 4 nitrogen and oxygen atoms in total. The number of hydrogen-bond donors (Lipinski definition) is 0. The third-order valence-corrected chi connectivity index (χ3v) is 3.67. The zero-order valence-corrected chi connectivity index (χ0v) is 12.1. The molecule has 20 heavy (non-hydrogen) atoms. The van der Waals surface area contributed by atoms with Crippen LogP contribution in [0.4, 0.5) is 0 Å². The second-order valence-corrected chi connectivity index (χ2v) is 5.12. The quantitative estimate of drug-likeness (QED) is 0.751. The van der Waals surface area contributed by atoms with Crippen LogP contribution in [-0.4, -0.2) is 38.8 Å². The molecule has 0 saturated carbocycles. The van der Waals surface area contributed by atoms with Crippen LogP contribution in [0.3, 0.4) is 0 Å². The molecule has 0 amide bonds. The minimum Gasteiger partial charge on any atom is -0.497 e. The first-order valence-electron chi connectivity index (χ1n) is 7.08. The van der Waals surface area contributed by atoms with Crippen molar-refractivity contribution in [3.05, 3.63) is 29.8 Å². The largest absolute Gasteiger partial charge is 0.497 e. The number of ketones is 1. The summed E-state index contributed by atoms with van der Waals surface area (Å²) in [7, 11) is 1.61. The fourth-order valence-corrected chi connectivity index (χ4v) is 2.26. The van der Waals surface area contributed by atoms with Crippen molar-refractivity contribution < 1.29 is 19.0 Å². The molecule has 0 spiro atoms. The van der Waals surface area contributed by atoms with Gasteiger partial charge in [0.1, 0.15) is 11.9 Å². The van der Waals surface area contributed by atoms with Gasteiger partial charge in [-0.15, -0.1) is 0 Å². The number of hydrogen-bond acceptors (Lipinski definition) is 4. The highest BCUT2D eigenvalue weighted by Crippen LogP contribution is 2.17. The smallest absolute Gasteiger partial charge is 0.191 e. The van der Waals surface area contributed by atoms with E-state index in [2.05, 4.69) is 0 Å². The van der Waals surface area contributed by atoms with Crippen molar-refractivity contribution in [2.75, 3.05) is 26.9 Å². The van der Waals surface area contributed by atoms with Crippen molar-refractivity contribution >= 4 is 5.78 Å². The van der Waals surface area contributed by atoms with Crippen LogP contribution < -0.4 is 4.74 Å². The molecule has 2 rings (SSSR count). The predicted octanol–water partition coefficient (Wildman–Crippen LogP) is 2.71. The maximum atomic E-state index is 12.2. The Labute approximate surface area is 120 Å². The van der Waals surface area contributed by atoms with Gasteiger partial charge in [-0.3, -0.25) is 4.79 Å². The van der Waals surface area contributed by atoms with Gasteiger partial charge >= 0.3 is 0 Å². The minimum atomic E-state index is -0.411. The number of benzene rings is 1. The van der Waals surface area contributed by atoms with E-state index in [1.54, 1.807) is 31.4 Å². The molecule has 1 aromatic carbocycles. The van der Waals surface area contributed by atoms with Gasteiger partial charge in [-0.1, -0.05) is 0 Å². The third-order valence-electron chi connectivity index (χ3n) is 3.67. The molecule has 1 unspecified atom stereocenters. The first-order valence-corrected chi connectivity index (χ1v) is 7.08. The third kappa shape index (κ3) is 4.05. The predicted molar refractivity (Wildman–Crippen MR) is 76.3 cm³/mol. The van der Waals surface area contributed by atoms with Crippen molar-refractivity contribution in [2.24, 2.45) is 5.92 Å².